The number of hydrogen-bond donors (Lipinski definition) is 2. The summed E-state index contributed by atoms with van der Waals surface area (Å²) in [5, 5.41) is 7.17. The second-order valence-electron chi connectivity index (χ2n) is 6.74. The van der Waals surface area contributed by atoms with Crippen LogP contribution < -0.4 is 10.6 Å². The Labute approximate surface area is 168 Å². The number of ether oxygens (including phenoxy) is 1. The number of amides is 2. The molecule has 3 rings (SSSR count). The number of carbonyl (C=O) groups is 3. The molecule has 0 heterocycles. The van der Waals surface area contributed by atoms with Crippen LogP contribution in [0.2, 0.25) is 0 Å². The number of esters is 1. The molecule has 6 heteroatoms. The van der Waals surface area contributed by atoms with Crippen molar-refractivity contribution in [3.63, 3.8) is 0 Å². The third-order valence-corrected chi connectivity index (χ3v) is 4.37. The number of rotatable bonds is 6. The summed E-state index contributed by atoms with van der Waals surface area (Å²) >= 11 is 0. The van der Waals surface area contributed by atoms with E-state index in [9.17, 15) is 14.4 Å². The van der Waals surface area contributed by atoms with Crippen molar-refractivity contribution in [3.05, 3.63) is 77.9 Å². The fourth-order valence-corrected chi connectivity index (χ4v) is 2.84. The molecule has 0 saturated carbocycles. The van der Waals surface area contributed by atoms with E-state index in [0.717, 1.165) is 16.3 Å². The normalized spacial score (nSPS) is 11.5. The molecule has 2 amide bonds. The van der Waals surface area contributed by atoms with E-state index in [1.54, 1.807) is 18.2 Å². The standard InChI is InChI=1S/C23H22N2O4/c1-15-6-5-9-20(12-15)25-22(27)16(2)29-21(26)14-24-23(28)19-11-10-17-7-3-4-8-18(17)13-19/h3-13,16H,14H2,1-2H3,(H,24,28)(H,25,27)/t16-/m0/s1. The summed E-state index contributed by atoms with van der Waals surface area (Å²) in [6.07, 6.45) is -0.986. The van der Waals surface area contributed by atoms with E-state index in [1.807, 2.05) is 55.5 Å². The second kappa shape index (κ2) is 9.01. The van der Waals surface area contributed by atoms with Gasteiger partial charge in [0, 0.05) is 11.3 Å². The Kier molecular flexibility index (Phi) is 6.24. The maximum absolute atomic E-state index is 12.3. The lowest BCUT2D eigenvalue weighted by Crippen LogP contribution is -2.35. The minimum absolute atomic E-state index is 0.326. The molecule has 0 unspecified atom stereocenters. The first-order valence-electron chi connectivity index (χ1n) is 9.26. The quantitative estimate of drug-likeness (QED) is 0.632. The molecule has 0 spiro atoms. The number of benzene rings is 3. The number of nitrogens with one attached hydrogen (secondary N) is 2. The number of carbonyl (C=O) groups excluding carboxylic acids is 3. The predicted octanol–water partition coefficient (Wildman–Crippen LogP) is 3.45. The van der Waals surface area contributed by atoms with Gasteiger partial charge in [0.1, 0.15) is 6.54 Å². The summed E-state index contributed by atoms with van der Waals surface area (Å²) in [6, 6.07) is 20.3. The van der Waals surface area contributed by atoms with Gasteiger partial charge in [-0.05, 0) is 54.4 Å². The van der Waals surface area contributed by atoms with Gasteiger partial charge in [0.2, 0.25) is 0 Å². The van der Waals surface area contributed by atoms with Crippen molar-refractivity contribution in [2.45, 2.75) is 20.0 Å². The zero-order valence-electron chi connectivity index (χ0n) is 16.3. The molecule has 0 aromatic heterocycles. The summed E-state index contributed by atoms with van der Waals surface area (Å²) < 4.78 is 5.11. The van der Waals surface area contributed by atoms with Crippen LogP contribution in [0.1, 0.15) is 22.8 Å². The summed E-state index contributed by atoms with van der Waals surface area (Å²) in [5.41, 5.74) is 2.08. The molecular weight excluding hydrogens is 368 g/mol. The van der Waals surface area contributed by atoms with Crippen molar-refractivity contribution < 1.29 is 19.1 Å². The van der Waals surface area contributed by atoms with E-state index in [0.29, 0.717) is 11.3 Å². The first-order valence-corrected chi connectivity index (χ1v) is 9.26. The first-order chi connectivity index (χ1) is 13.9. The van der Waals surface area contributed by atoms with Crippen LogP contribution in [0.5, 0.6) is 0 Å². The maximum Gasteiger partial charge on any atom is 0.326 e. The minimum Gasteiger partial charge on any atom is -0.451 e. The number of fused-ring (bicyclic) bond motifs is 1. The Morgan fingerprint density at radius 2 is 1.69 bits per heavy atom. The van der Waals surface area contributed by atoms with Crippen LogP contribution in [0.15, 0.2) is 66.7 Å². The van der Waals surface area contributed by atoms with Gasteiger partial charge >= 0.3 is 5.97 Å². The van der Waals surface area contributed by atoms with Crippen molar-refractivity contribution in [2.24, 2.45) is 0 Å². The molecule has 1 atom stereocenters. The van der Waals surface area contributed by atoms with E-state index in [2.05, 4.69) is 10.6 Å². The van der Waals surface area contributed by atoms with E-state index in [1.165, 1.54) is 6.92 Å². The molecule has 2 N–H and O–H groups in total. The van der Waals surface area contributed by atoms with Gasteiger partial charge in [0.05, 0.1) is 0 Å². The Morgan fingerprint density at radius 1 is 0.931 bits per heavy atom. The monoisotopic (exact) mass is 390 g/mol. The van der Waals surface area contributed by atoms with Crippen molar-refractivity contribution in [3.8, 4) is 0 Å². The predicted molar refractivity (Wildman–Crippen MR) is 112 cm³/mol. The van der Waals surface area contributed by atoms with E-state index in [4.69, 9.17) is 4.74 Å². The second-order valence-corrected chi connectivity index (χ2v) is 6.74. The Morgan fingerprint density at radius 3 is 2.45 bits per heavy atom. The third-order valence-electron chi connectivity index (χ3n) is 4.37. The molecular formula is C23H22N2O4. The van der Waals surface area contributed by atoms with Crippen LogP contribution in [-0.2, 0) is 14.3 Å². The van der Waals surface area contributed by atoms with Crippen molar-refractivity contribution >= 4 is 34.2 Å². The summed E-state index contributed by atoms with van der Waals surface area (Å²) in [4.78, 5) is 36.5. The molecule has 0 saturated heterocycles. The van der Waals surface area contributed by atoms with Crippen LogP contribution in [0, 0.1) is 6.92 Å². The van der Waals surface area contributed by atoms with Gasteiger partial charge in [-0.1, -0.05) is 42.5 Å². The highest BCUT2D eigenvalue weighted by molar-refractivity contribution is 6.00. The zero-order chi connectivity index (χ0) is 20.8. The molecule has 148 valence electrons. The smallest absolute Gasteiger partial charge is 0.326 e. The average Bonchev–Trinajstić information content (AvgIpc) is 2.71. The van der Waals surface area contributed by atoms with Gasteiger partial charge in [-0.15, -0.1) is 0 Å². The molecule has 0 bridgehead atoms. The fraction of sp³-hybridized carbons (Fsp3) is 0.174. The molecule has 0 fully saturated rings. The molecule has 0 aliphatic heterocycles. The van der Waals surface area contributed by atoms with Crippen molar-refractivity contribution in [1.29, 1.82) is 0 Å². The molecule has 3 aromatic carbocycles. The third kappa shape index (κ3) is 5.42. The molecule has 6 nitrogen and oxygen atoms in total. The molecule has 29 heavy (non-hydrogen) atoms. The summed E-state index contributed by atoms with van der Waals surface area (Å²) in [6.45, 7) is 3.07. The van der Waals surface area contributed by atoms with Crippen LogP contribution >= 0.6 is 0 Å². The zero-order valence-corrected chi connectivity index (χ0v) is 16.3. The van der Waals surface area contributed by atoms with Gasteiger partial charge < -0.3 is 15.4 Å². The highest BCUT2D eigenvalue weighted by Crippen LogP contribution is 2.15. The molecule has 3 aromatic rings. The van der Waals surface area contributed by atoms with Gasteiger partial charge in [-0.3, -0.25) is 14.4 Å². The van der Waals surface area contributed by atoms with Crippen LogP contribution in [0.3, 0.4) is 0 Å². The first kappa shape index (κ1) is 20.1. The van der Waals surface area contributed by atoms with Gasteiger partial charge in [-0.2, -0.15) is 0 Å². The highest BCUT2D eigenvalue weighted by atomic mass is 16.5. The van der Waals surface area contributed by atoms with Crippen LogP contribution in [0.25, 0.3) is 10.8 Å². The largest absolute Gasteiger partial charge is 0.451 e. The number of hydrogen-bond acceptors (Lipinski definition) is 4. The van der Waals surface area contributed by atoms with E-state index < -0.39 is 18.0 Å². The van der Waals surface area contributed by atoms with Gasteiger partial charge in [-0.25, -0.2) is 0 Å². The summed E-state index contributed by atoms with van der Waals surface area (Å²) in [5.74, 6) is -1.51. The van der Waals surface area contributed by atoms with Crippen molar-refractivity contribution in [2.75, 3.05) is 11.9 Å². The van der Waals surface area contributed by atoms with E-state index >= 15 is 0 Å². The highest BCUT2D eigenvalue weighted by Gasteiger charge is 2.18. The average molecular weight is 390 g/mol. The maximum atomic E-state index is 12.3. The van der Waals surface area contributed by atoms with Crippen molar-refractivity contribution in [1.82, 2.24) is 5.32 Å². The number of aryl methyl sites for hydroxylation is 1. The molecule has 0 radical (unpaired) electrons. The molecule has 0 aliphatic carbocycles. The molecule has 0 aliphatic rings. The van der Waals surface area contributed by atoms with Crippen LogP contribution in [-0.4, -0.2) is 30.4 Å². The van der Waals surface area contributed by atoms with E-state index in [-0.39, 0.29) is 12.5 Å². The van der Waals surface area contributed by atoms with Gasteiger partial charge in [0.15, 0.2) is 6.10 Å². The number of anilines is 1. The topological polar surface area (TPSA) is 84.5 Å². The Hall–Kier alpha value is -3.67. The van der Waals surface area contributed by atoms with Gasteiger partial charge in [0.25, 0.3) is 11.8 Å². The van der Waals surface area contributed by atoms with Crippen LogP contribution in [0.4, 0.5) is 5.69 Å². The fourth-order valence-electron chi connectivity index (χ4n) is 2.84. The SMILES string of the molecule is Cc1cccc(NC(=O)[C@H](C)OC(=O)CNC(=O)c2ccc3ccccc3c2)c1. The summed E-state index contributed by atoms with van der Waals surface area (Å²) in [7, 11) is 0. The lowest BCUT2D eigenvalue weighted by Gasteiger charge is -2.14. The Balaban J connectivity index is 1.50. The minimum atomic E-state index is -0.986. The Bertz CT molecular complexity index is 1060. The lowest BCUT2D eigenvalue weighted by molar-refractivity contribution is -0.152. The lowest BCUT2D eigenvalue weighted by atomic mass is 10.1.